The summed E-state index contributed by atoms with van der Waals surface area (Å²) in [5, 5.41) is 12.5. The first-order valence-corrected chi connectivity index (χ1v) is 6.66. The summed E-state index contributed by atoms with van der Waals surface area (Å²) >= 11 is 5.84. The predicted octanol–water partition coefficient (Wildman–Crippen LogP) is 2.59. The minimum Gasteiger partial charge on any atom is -0.396 e. The van der Waals surface area contributed by atoms with Crippen molar-refractivity contribution < 1.29 is 9.90 Å². The number of amides is 1. The van der Waals surface area contributed by atoms with Crippen molar-refractivity contribution in [3.05, 3.63) is 64.9 Å². The number of carbonyl (C=O) groups excluding carboxylic acids is 1. The number of aliphatic hydroxyl groups is 1. The molecule has 4 nitrogen and oxygen atoms in total. The maximum atomic E-state index is 12.1. The highest BCUT2D eigenvalue weighted by Crippen LogP contribution is 2.17. The summed E-state index contributed by atoms with van der Waals surface area (Å²) in [5.74, 6) is -0.310. The summed E-state index contributed by atoms with van der Waals surface area (Å²) in [7, 11) is 0. The number of aromatic nitrogens is 1. The van der Waals surface area contributed by atoms with Gasteiger partial charge >= 0.3 is 0 Å². The molecule has 0 aliphatic heterocycles. The summed E-state index contributed by atoms with van der Waals surface area (Å²) in [6.07, 6.45) is 1.93. The number of hydrogen-bond donors (Lipinski definition) is 2. The number of rotatable bonds is 5. The zero-order valence-corrected chi connectivity index (χ0v) is 11.5. The third-order valence-corrected chi connectivity index (χ3v) is 3.11. The van der Waals surface area contributed by atoms with E-state index in [-0.39, 0.29) is 24.2 Å². The first kappa shape index (κ1) is 14.5. The van der Waals surface area contributed by atoms with Gasteiger partial charge in [-0.05, 0) is 24.1 Å². The Hall–Kier alpha value is -1.91. The van der Waals surface area contributed by atoms with Crippen molar-refractivity contribution >= 4 is 17.5 Å². The number of aliphatic hydroxyl groups excluding tert-OH is 1. The van der Waals surface area contributed by atoms with E-state index in [9.17, 15) is 4.79 Å². The van der Waals surface area contributed by atoms with E-state index >= 15 is 0 Å². The van der Waals surface area contributed by atoms with Gasteiger partial charge in [0.25, 0.3) is 5.91 Å². The molecule has 1 heterocycles. The Balaban J connectivity index is 2.14. The third-order valence-electron chi connectivity index (χ3n) is 2.88. The largest absolute Gasteiger partial charge is 0.396 e. The maximum Gasteiger partial charge on any atom is 0.270 e. The Morgan fingerprint density at radius 1 is 1.30 bits per heavy atom. The molecule has 0 fully saturated rings. The van der Waals surface area contributed by atoms with E-state index in [1.807, 2.05) is 30.3 Å². The molecule has 20 heavy (non-hydrogen) atoms. The summed E-state index contributed by atoms with van der Waals surface area (Å²) in [4.78, 5) is 16.1. The van der Waals surface area contributed by atoms with Crippen LogP contribution in [-0.4, -0.2) is 22.6 Å². The molecule has 2 rings (SSSR count). The zero-order valence-electron chi connectivity index (χ0n) is 10.8. The zero-order chi connectivity index (χ0) is 14.4. The summed E-state index contributed by atoms with van der Waals surface area (Å²) in [6.45, 7) is -0.0111. The number of carbonyl (C=O) groups is 1. The van der Waals surface area contributed by atoms with Crippen molar-refractivity contribution in [2.45, 2.75) is 12.5 Å². The second kappa shape index (κ2) is 7.03. The minimum atomic E-state index is -0.310. The van der Waals surface area contributed by atoms with E-state index in [0.29, 0.717) is 11.4 Å². The SMILES string of the molecule is O=C(NC(CCO)c1ccccc1)c1cc(Cl)ccn1. The molecule has 5 heteroatoms. The van der Waals surface area contributed by atoms with Gasteiger partial charge in [0.15, 0.2) is 0 Å². The smallest absolute Gasteiger partial charge is 0.270 e. The Morgan fingerprint density at radius 3 is 2.70 bits per heavy atom. The van der Waals surface area contributed by atoms with Gasteiger partial charge in [-0.15, -0.1) is 0 Å². The van der Waals surface area contributed by atoms with Crippen molar-refractivity contribution in [3.8, 4) is 0 Å². The van der Waals surface area contributed by atoms with Crippen LogP contribution in [0.4, 0.5) is 0 Å². The molecule has 1 aromatic heterocycles. The highest BCUT2D eigenvalue weighted by molar-refractivity contribution is 6.30. The van der Waals surface area contributed by atoms with Crippen LogP contribution < -0.4 is 5.32 Å². The first-order chi connectivity index (χ1) is 9.70. The van der Waals surface area contributed by atoms with Crippen LogP contribution >= 0.6 is 11.6 Å². The van der Waals surface area contributed by atoms with Crippen molar-refractivity contribution in [2.24, 2.45) is 0 Å². The molecule has 2 N–H and O–H groups in total. The first-order valence-electron chi connectivity index (χ1n) is 6.29. The van der Waals surface area contributed by atoms with E-state index < -0.39 is 0 Å². The molecule has 0 radical (unpaired) electrons. The summed E-state index contributed by atoms with van der Waals surface area (Å²) in [6, 6.07) is 12.4. The van der Waals surface area contributed by atoms with Crippen LogP contribution in [0.5, 0.6) is 0 Å². The van der Waals surface area contributed by atoms with Gasteiger partial charge in [-0.3, -0.25) is 9.78 Å². The standard InChI is InChI=1S/C15H15ClN2O2/c16-12-6-8-17-14(10-12)15(20)18-13(7-9-19)11-4-2-1-3-5-11/h1-6,8,10,13,19H,7,9H2,(H,18,20). The topological polar surface area (TPSA) is 62.2 Å². The molecule has 2 aromatic rings. The normalized spacial score (nSPS) is 11.9. The Morgan fingerprint density at radius 2 is 2.05 bits per heavy atom. The quantitative estimate of drug-likeness (QED) is 0.890. The highest BCUT2D eigenvalue weighted by Gasteiger charge is 2.16. The van der Waals surface area contributed by atoms with Gasteiger partial charge in [0.05, 0.1) is 6.04 Å². The predicted molar refractivity (Wildman–Crippen MR) is 77.6 cm³/mol. The fourth-order valence-electron chi connectivity index (χ4n) is 1.90. The molecule has 0 aliphatic carbocycles. The summed E-state index contributed by atoms with van der Waals surface area (Å²) in [5.41, 5.74) is 1.20. The van der Waals surface area contributed by atoms with Crippen LogP contribution in [0.25, 0.3) is 0 Å². The fourth-order valence-corrected chi connectivity index (χ4v) is 2.06. The van der Waals surface area contributed by atoms with E-state index in [1.165, 1.54) is 12.3 Å². The Bertz CT molecular complexity index is 575. The summed E-state index contributed by atoms with van der Waals surface area (Å²) < 4.78 is 0. The van der Waals surface area contributed by atoms with Crippen molar-refractivity contribution in [3.63, 3.8) is 0 Å². The van der Waals surface area contributed by atoms with Gasteiger partial charge < -0.3 is 10.4 Å². The lowest BCUT2D eigenvalue weighted by Crippen LogP contribution is -2.29. The van der Waals surface area contributed by atoms with E-state index in [4.69, 9.17) is 16.7 Å². The van der Waals surface area contributed by atoms with Gasteiger partial charge in [-0.1, -0.05) is 41.9 Å². The molecule has 0 saturated heterocycles. The van der Waals surface area contributed by atoms with Crippen LogP contribution in [0, 0.1) is 0 Å². The van der Waals surface area contributed by atoms with E-state index in [2.05, 4.69) is 10.3 Å². The van der Waals surface area contributed by atoms with Gasteiger partial charge in [0.2, 0.25) is 0 Å². The number of benzene rings is 1. The maximum absolute atomic E-state index is 12.1. The average Bonchev–Trinajstić information content (AvgIpc) is 2.47. The molecule has 0 spiro atoms. The molecule has 1 atom stereocenters. The van der Waals surface area contributed by atoms with Gasteiger partial charge in [-0.25, -0.2) is 0 Å². The second-order valence-corrected chi connectivity index (χ2v) is 4.74. The minimum absolute atomic E-state index is 0.0111. The number of halogens is 1. The van der Waals surface area contributed by atoms with E-state index in [1.54, 1.807) is 6.07 Å². The fraction of sp³-hybridized carbons (Fsp3) is 0.200. The van der Waals surface area contributed by atoms with Gasteiger partial charge in [0, 0.05) is 17.8 Å². The second-order valence-electron chi connectivity index (χ2n) is 4.31. The molecule has 1 amide bonds. The number of hydrogen-bond acceptors (Lipinski definition) is 3. The third kappa shape index (κ3) is 3.79. The molecule has 0 saturated carbocycles. The molecule has 104 valence electrons. The van der Waals surface area contributed by atoms with Gasteiger partial charge in [0.1, 0.15) is 5.69 Å². The number of nitrogens with zero attached hydrogens (tertiary/aromatic N) is 1. The number of nitrogens with one attached hydrogen (secondary N) is 1. The van der Waals surface area contributed by atoms with Crippen LogP contribution in [0.3, 0.4) is 0 Å². The van der Waals surface area contributed by atoms with Gasteiger partial charge in [-0.2, -0.15) is 0 Å². The lowest BCUT2D eigenvalue weighted by Gasteiger charge is -2.18. The molecular formula is C15H15ClN2O2. The lowest BCUT2D eigenvalue weighted by atomic mass is 10.0. The number of pyridine rings is 1. The van der Waals surface area contributed by atoms with Crippen LogP contribution in [0.15, 0.2) is 48.7 Å². The lowest BCUT2D eigenvalue weighted by molar-refractivity contribution is 0.0925. The molecule has 0 bridgehead atoms. The van der Waals surface area contributed by atoms with Crippen molar-refractivity contribution in [2.75, 3.05) is 6.61 Å². The average molecular weight is 291 g/mol. The monoisotopic (exact) mass is 290 g/mol. The molecule has 0 aliphatic rings. The van der Waals surface area contributed by atoms with E-state index in [0.717, 1.165) is 5.56 Å². The molecule has 1 aromatic carbocycles. The van der Waals surface area contributed by atoms with Crippen molar-refractivity contribution in [1.82, 2.24) is 10.3 Å². The molecular weight excluding hydrogens is 276 g/mol. The highest BCUT2D eigenvalue weighted by atomic mass is 35.5. The Kier molecular flexibility index (Phi) is 5.09. The van der Waals surface area contributed by atoms with Crippen LogP contribution in [-0.2, 0) is 0 Å². The molecule has 1 unspecified atom stereocenters. The Labute approximate surface area is 122 Å². The van der Waals surface area contributed by atoms with Crippen LogP contribution in [0.2, 0.25) is 5.02 Å². The van der Waals surface area contributed by atoms with Crippen LogP contribution in [0.1, 0.15) is 28.5 Å². The van der Waals surface area contributed by atoms with Crippen molar-refractivity contribution in [1.29, 1.82) is 0 Å².